The average Bonchev–Trinajstić information content (AvgIpc) is 2.52. The van der Waals surface area contributed by atoms with Gasteiger partial charge in [-0.05, 0) is 53.2 Å². The second kappa shape index (κ2) is 9.87. The normalized spacial score (nSPS) is 11.6. The molecule has 0 heterocycles. The molecule has 0 N–H and O–H groups in total. The van der Waals surface area contributed by atoms with E-state index in [9.17, 15) is 9.59 Å². The van der Waals surface area contributed by atoms with Gasteiger partial charge in [-0.15, -0.1) is 0 Å². The van der Waals surface area contributed by atoms with Gasteiger partial charge in [0, 0.05) is 23.7 Å². The zero-order chi connectivity index (χ0) is 19.0. The third kappa shape index (κ3) is 6.25. The number of hydrogen-bond donors (Lipinski definition) is 0. The van der Waals surface area contributed by atoms with Crippen LogP contribution in [0.5, 0.6) is 5.75 Å². The lowest BCUT2D eigenvalue weighted by atomic mass is 10.1. The number of hydrogen-bond acceptors (Lipinski definition) is 4. The highest BCUT2D eigenvalue weighted by Crippen LogP contribution is 2.26. The lowest BCUT2D eigenvalue weighted by Crippen LogP contribution is -2.41. The fourth-order valence-electron chi connectivity index (χ4n) is 2.70. The average molecular weight is 347 g/mol. The van der Waals surface area contributed by atoms with E-state index in [-0.39, 0.29) is 24.6 Å². The molecule has 0 aliphatic rings. The SMILES string of the molecule is CCOC(=O)COc1ccccc1/C(C)=C/C(=O)N(C(C)C)C(C)C. The van der Waals surface area contributed by atoms with Crippen LogP contribution in [-0.4, -0.2) is 42.1 Å². The van der Waals surface area contributed by atoms with Gasteiger partial charge in [0.15, 0.2) is 6.61 Å². The van der Waals surface area contributed by atoms with Crippen molar-refractivity contribution in [3.8, 4) is 5.75 Å². The van der Waals surface area contributed by atoms with E-state index in [4.69, 9.17) is 9.47 Å². The molecule has 25 heavy (non-hydrogen) atoms. The minimum atomic E-state index is -0.416. The van der Waals surface area contributed by atoms with E-state index in [0.29, 0.717) is 12.4 Å². The van der Waals surface area contributed by atoms with Crippen molar-refractivity contribution in [1.29, 1.82) is 0 Å². The van der Waals surface area contributed by atoms with Crippen LogP contribution < -0.4 is 4.74 Å². The molecule has 5 heteroatoms. The minimum Gasteiger partial charge on any atom is -0.481 e. The molecule has 0 fully saturated rings. The maximum Gasteiger partial charge on any atom is 0.344 e. The van der Waals surface area contributed by atoms with E-state index in [2.05, 4.69) is 0 Å². The van der Waals surface area contributed by atoms with Gasteiger partial charge in [-0.2, -0.15) is 0 Å². The second-order valence-electron chi connectivity index (χ2n) is 6.35. The van der Waals surface area contributed by atoms with Crippen LogP contribution in [0.2, 0.25) is 0 Å². The molecule has 0 saturated carbocycles. The van der Waals surface area contributed by atoms with Crippen molar-refractivity contribution in [1.82, 2.24) is 4.90 Å². The quantitative estimate of drug-likeness (QED) is 0.532. The van der Waals surface area contributed by atoms with Crippen LogP contribution in [0, 0.1) is 0 Å². The van der Waals surface area contributed by atoms with Crippen molar-refractivity contribution < 1.29 is 19.1 Å². The molecule has 0 radical (unpaired) electrons. The molecule has 138 valence electrons. The summed E-state index contributed by atoms with van der Waals surface area (Å²) < 4.78 is 10.4. The number of carbonyl (C=O) groups excluding carboxylic acids is 2. The summed E-state index contributed by atoms with van der Waals surface area (Å²) in [6.45, 7) is 11.8. The highest BCUT2D eigenvalue weighted by atomic mass is 16.6. The number of rotatable bonds is 8. The summed E-state index contributed by atoms with van der Waals surface area (Å²) in [5, 5.41) is 0. The predicted molar refractivity (Wildman–Crippen MR) is 99.3 cm³/mol. The third-order valence-corrected chi connectivity index (χ3v) is 3.67. The molecule has 1 aromatic carbocycles. The molecule has 0 atom stereocenters. The number of benzene rings is 1. The highest BCUT2D eigenvalue weighted by molar-refractivity contribution is 5.95. The summed E-state index contributed by atoms with van der Waals surface area (Å²) in [4.78, 5) is 25.9. The first-order chi connectivity index (χ1) is 11.8. The number of carbonyl (C=O) groups is 2. The van der Waals surface area contributed by atoms with Crippen LogP contribution in [0.4, 0.5) is 0 Å². The number of esters is 1. The van der Waals surface area contributed by atoms with Crippen LogP contribution in [0.1, 0.15) is 47.1 Å². The summed E-state index contributed by atoms with van der Waals surface area (Å²) in [7, 11) is 0. The molecular formula is C20H29NO4. The highest BCUT2D eigenvalue weighted by Gasteiger charge is 2.19. The lowest BCUT2D eigenvalue weighted by Gasteiger charge is -2.30. The van der Waals surface area contributed by atoms with Gasteiger partial charge in [-0.1, -0.05) is 18.2 Å². The van der Waals surface area contributed by atoms with Gasteiger partial charge in [-0.3, -0.25) is 4.79 Å². The smallest absolute Gasteiger partial charge is 0.344 e. The van der Waals surface area contributed by atoms with Crippen molar-refractivity contribution in [2.75, 3.05) is 13.2 Å². The van der Waals surface area contributed by atoms with Gasteiger partial charge >= 0.3 is 5.97 Å². The van der Waals surface area contributed by atoms with E-state index in [0.717, 1.165) is 11.1 Å². The van der Waals surface area contributed by atoms with E-state index < -0.39 is 5.97 Å². The first kappa shape index (κ1) is 20.7. The Morgan fingerprint density at radius 2 is 1.72 bits per heavy atom. The lowest BCUT2D eigenvalue weighted by molar-refractivity contribution is -0.145. The fraction of sp³-hybridized carbons (Fsp3) is 0.500. The maximum absolute atomic E-state index is 12.6. The Hall–Kier alpha value is -2.30. The number of ether oxygens (including phenoxy) is 2. The molecule has 0 spiro atoms. The summed E-state index contributed by atoms with van der Waals surface area (Å²) in [5.74, 6) is 0.0984. The van der Waals surface area contributed by atoms with E-state index in [1.54, 1.807) is 19.1 Å². The standard InChI is InChI=1S/C20H29NO4/c1-7-24-20(23)13-25-18-11-9-8-10-17(18)16(6)12-19(22)21(14(2)3)15(4)5/h8-12,14-15H,7,13H2,1-6H3/b16-12+. The minimum absolute atomic E-state index is 0.0392. The molecule has 0 unspecified atom stereocenters. The molecule has 0 saturated heterocycles. The largest absolute Gasteiger partial charge is 0.481 e. The van der Waals surface area contributed by atoms with Crippen molar-refractivity contribution in [3.63, 3.8) is 0 Å². The Morgan fingerprint density at radius 1 is 1.12 bits per heavy atom. The van der Waals surface area contributed by atoms with Crippen molar-refractivity contribution in [3.05, 3.63) is 35.9 Å². The number of para-hydroxylation sites is 1. The molecule has 0 aliphatic heterocycles. The molecular weight excluding hydrogens is 318 g/mol. The Morgan fingerprint density at radius 3 is 2.28 bits per heavy atom. The summed E-state index contributed by atoms with van der Waals surface area (Å²) in [6, 6.07) is 7.58. The second-order valence-corrected chi connectivity index (χ2v) is 6.35. The zero-order valence-electron chi connectivity index (χ0n) is 16.0. The number of amides is 1. The molecule has 1 aromatic rings. The van der Waals surface area contributed by atoms with E-state index in [1.165, 1.54) is 0 Å². The molecule has 5 nitrogen and oxygen atoms in total. The van der Waals surface area contributed by atoms with Gasteiger partial charge in [0.1, 0.15) is 5.75 Å². The number of nitrogens with zero attached hydrogens (tertiary/aromatic N) is 1. The van der Waals surface area contributed by atoms with Gasteiger partial charge in [-0.25, -0.2) is 4.79 Å². The van der Waals surface area contributed by atoms with Crippen LogP contribution >= 0.6 is 0 Å². The molecule has 0 bridgehead atoms. The summed E-state index contributed by atoms with van der Waals surface area (Å²) >= 11 is 0. The Bertz CT molecular complexity index is 612. The zero-order valence-corrected chi connectivity index (χ0v) is 16.0. The topological polar surface area (TPSA) is 55.8 Å². The fourth-order valence-corrected chi connectivity index (χ4v) is 2.70. The van der Waals surface area contributed by atoms with Gasteiger partial charge in [0.25, 0.3) is 0 Å². The number of allylic oxidation sites excluding steroid dienone is 1. The van der Waals surface area contributed by atoms with Gasteiger partial charge in [0.05, 0.1) is 6.61 Å². The summed E-state index contributed by atoms with van der Waals surface area (Å²) in [6.07, 6.45) is 1.62. The van der Waals surface area contributed by atoms with Crippen LogP contribution in [0.15, 0.2) is 30.3 Å². The van der Waals surface area contributed by atoms with Crippen molar-refractivity contribution in [2.45, 2.75) is 53.6 Å². The molecule has 1 amide bonds. The molecule has 1 rings (SSSR count). The Balaban J connectivity index is 2.99. The van der Waals surface area contributed by atoms with E-state index >= 15 is 0 Å². The van der Waals surface area contributed by atoms with Gasteiger partial charge in [0.2, 0.25) is 5.91 Å². The predicted octanol–water partition coefficient (Wildman–Crippen LogP) is 3.68. The third-order valence-electron chi connectivity index (χ3n) is 3.67. The van der Waals surface area contributed by atoms with Crippen LogP contribution in [0.25, 0.3) is 5.57 Å². The first-order valence-electron chi connectivity index (χ1n) is 8.66. The van der Waals surface area contributed by atoms with Crippen molar-refractivity contribution in [2.24, 2.45) is 0 Å². The Kier molecular flexibility index (Phi) is 8.19. The molecule has 0 aliphatic carbocycles. The Labute approximate surface area is 150 Å². The first-order valence-corrected chi connectivity index (χ1v) is 8.66. The van der Waals surface area contributed by atoms with Gasteiger partial charge < -0.3 is 14.4 Å². The maximum atomic E-state index is 12.6. The van der Waals surface area contributed by atoms with Crippen molar-refractivity contribution >= 4 is 17.4 Å². The van der Waals surface area contributed by atoms with Crippen LogP contribution in [-0.2, 0) is 14.3 Å². The van der Waals surface area contributed by atoms with Crippen LogP contribution in [0.3, 0.4) is 0 Å². The molecule has 0 aromatic heterocycles. The summed E-state index contributed by atoms with van der Waals surface area (Å²) in [5.41, 5.74) is 1.57. The van der Waals surface area contributed by atoms with E-state index in [1.807, 2.05) is 57.7 Å². The monoisotopic (exact) mass is 347 g/mol.